The van der Waals surface area contributed by atoms with Gasteiger partial charge >= 0.3 is 0 Å². The van der Waals surface area contributed by atoms with Crippen molar-refractivity contribution in [3.63, 3.8) is 0 Å². The van der Waals surface area contributed by atoms with Gasteiger partial charge in [0.2, 0.25) is 0 Å². The summed E-state index contributed by atoms with van der Waals surface area (Å²) < 4.78 is 8.43. The molecule has 194 valence electrons. The minimum Gasteiger partial charge on any atom is -0.375 e. The average Bonchev–Trinajstić information content (AvgIpc) is 3.26. The predicted octanol–water partition coefficient (Wildman–Crippen LogP) is 5.00. The van der Waals surface area contributed by atoms with Gasteiger partial charge in [-0.25, -0.2) is 4.98 Å². The standard InChI is InChI=1S/C29H42N6O/c1-6-36-20-25-29(24-12-7-11-23(32(24)5)28-22(4)10-9-15-30-28)31-26-13-8-14-27(35(25)26)34-18-16-33(17-19-34)21(2)3/h8-10,13-15,21,23-24H,6-7,11-12,16-20H2,1-5H3/t23-,24+/m0/s1. The van der Waals surface area contributed by atoms with Crippen LogP contribution < -0.4 is 4.90 Å². The summed E-state index contributed by atoms with van der Waals surface area (Å²) in [7, 11) is 2.25. The largest absolute Gasteiger partial charge is 0.375 e. The first-order valence-corrected chi connectivity index (χ1v) is 13.7. The van der Waals surface area contributed by atoms with Crippen molar-refractivity contribution in [3.05, 3.63) is 59.2 Å². The number of ether oxygens (including phenoxy) is 1. The summed E-state index contributed by atoms with van der Waals surface area (Å²) in [5.74, 6) is 1.24. The van der Waals surface area contributed by atoms with E-state index < -0.39 is 0 Å². The van der Waals surface area contributed by atoms with Crippen LogP contribution in [0, 0.1) is 6.92 Å². The van der Waals surface area contributed by atoms with Crippen LogP contribution in [-0.2, 0) is 11.3 Å². The molecule has 0 saturated carbocycles. The number of likely N-dealkylation sites (tertiary alicyclic amines) is 1. The van der Waals surface area contributed by atoms with E-state index in [0.717, 1.165) is 50.4 Å². The molecule has 0 aliphatic carbocycles. The molecule has 36 heavy (non-hydrogen) atoms. The van der Waals surface area contributed by atoms with Crippen LogP contribution in [0.3, 0.4) is 0 Å². The van der Waals surface area contributed by atoms with Crippen LogP contribution in [0.25, 0.3) is 5.65 Å². The van der Waals surface area contributed by atoms with Crippen LogP contribution in [0.1, 0.15) is 74.8 Å². The van der Waals surface area contributed by atoms with Gasteiger partial charge in [0, 0.05) is 45.0 Å². The molecule has 0 radical (unpaired) electrons. The molecule has 5 heterocycles. The SMILES string of the molecule is CCOCc1c([C@H]2CCC[C@@H](c3ncccc3C)N2C)nc2cccc(N3CCN(C(C)C)CC3)n12. The molecule has 2 aliphatic rings. The number of fused-ring (bicyclic) bond motifs is 1. The fourth-order valence-corrected chi connectivity index (χ4v) is 6.11. The Hall–Kier alpha value is -2.48. The molecule has 5 rings (SSSR count). The number of aryl methyl sites for hydroxylation is 1. The number of nitrogens with zero attached hydrogens (tertiary/aromatic N) is 6. The monoisotopic (exact) mass is 490 g/mol. The lowest BCUT2D eigenvalue weighted by Gasteiger charge is -2.39. The van der Waals surface area contributed by atoms with Crippen molar-refractivity contribution in [3.8, 4) is 0 Å². The highest BCUT2D eigenvalue weighted by Gasteiger charge is 2.35. The van der Waals surface area contributed by atoms with Gasteiger partial charge in [-0.3, -0.25) is 19.2 Å². The second-order valence-corrected chi connectivity index (χ2v) is 10.6. The Morgan fingerprint density at radius 3 is 2.44 bits per heavy atom. The Labute approximate surface area is 216 Å². The molecule has 2 saturated heterocycles. The molecule has 0 amide bonds. The quantitative estimate of drug-likeness (QED) is 0.464. The zero-order valence-electron chi connectivity index (χ0n) is 22.7. The normalized spacial score (nSPS) is 22.1. The summed E-state index contributed by atoms with van der Waals surface area (Å²) in [5, 5.41) is 0. The van der Waals surface area contributed by atoms with Crippen molar-refractivity contribution in [2.45, 2.75) is 71.7 Å². The van der Waals surface area contributed by atoms with Gasteiger partial charge < -0.3 is 9.64 Å². The van der Waals surface area contributed by atoms with Gasteiger partial charge in [0.05, 0.1) is 35.8 Å². The van der Waals surface area contributed by atoms with E-state index in [2.05, 4.69) is 78.1 Å². The molecule has 0 N–H and O–H groups in total. The van der Waals surface area contributed by atoms with Crippen LogP contribution in [0.4, 0.5) is 5.82 Å². The van der Waals surface area contributed by atoms with Crippen molar-refractivity contribution in [1.82, 2.24) is 24.2 Å². The molecule has 0 aromatic carbocycles. The third kappa shape index (κ3) is 4.76. The Kier molecular flexibility index (Phi) is 7.60. The number of hydrogen-bond donors (Lipinski definition) is 0. The van der Waals surface area contributed by atoms with Crippen molar-refractivity contribution in [2.75, 3.05) is 44.7 Å². The third-order valence-corrected chi connectivity index (χ3v) is 8.18. The van der Waals surface area contributed by atoms with Crippen molar-refractivity contribution < 1.29 is 4.74 Å². The fourth-order valence-electron chi connectivity index (χ4n) is 6.11. The molecule has 7 heteroatoms. The molecule has 7 nitrogen and oxygen atoms in total. The molecule has 3 aromatic heterocycles. The van der Waals surface area contributed by atoms with Gasteiger partial charge in [-0.05, 0) is 77.8 Å². The zero-order valence-corrected chi connectivity index (χ0v) is 22.7. The topological polar surface area (TPSA) is 49.1 Å². The number of hydrogen-bond acceptors (Lipinski definition) is 6. The van der Waals surface area contributed by atoms with Crippen LogP contribution in [0.5, 0.6) is 0 Å². The summed E-state index contributed by atoms with van der Waals surface area (Å²) in [5.41, 5.74) is 5.85. The number of aromatic nitrogens is 3. The second kappa shape index (κ2) is 10.9. The summed E-state index contributed by atoms with van der Waals surface area (Å²) in [4.78, 5) is 17.7. The molecule has 0 spiro atoms. The summed E-state index contributed by atoms with van der Waals surface area (Å²) in [6.07, 6.45) is 5.33. The Morgan fingerprint density at radius 2 is 1.75 bits per heavy atom. The summed E-state index contributed by atoms with van der Waals surface area (Å²) in [6.45, 7) is 14.3. The summed E-state index contributed by atoms with van der Waals surface area (Å²) >= 11 is 0. The maximum absolute atomic E-state index is 6.06. The lowest BCUT2D eigenvalue weighted by atomic mass is 9.90. The average molecular weight is 491 g/mol. The highest BCUT2D eigenvalue weighted by Crippen LogP contribution is 2.42. The van der Waals surface area contributed by atoms with E-state index in [0.29, 0.717) is 25.3 Å². The molecule has 3 aromatic rings. The molecular formula is C29H42N6O. The molecular weight excluding hydrogens is 448 g/mol. The van der Waals surface area contributed by atoms with E-state index in [1.807, 2.05) is 12.3 Å². The predicted molar refractivity (Wildman–Crippen MR) is 146 cm³/mol. The molecule has 2 fully saturated rings. The smallest absolute Gasteiger partial charge is 0.138 e. The maximum Gasteiger partial charge on any atom is 0.138 e. The lowest BCUT2D eigenvalue weighted by molar-refractivity contribution is 0.101. The molecule has 0 unspecified atom stereocenters. The number of anilines is 1. The van der Waals surface area contributed by atoms with Crippen molar-refractivity contribution in [2.24, 2.45) is 0 Å². The van der Waals surface area contributed by atoms with Gasteiger partial charge in [-0.15, -0.1) is 0 Å². The van der Waals surface area contributed by atoms with Gasteiger partial charge in [0.1, 0.15) is 11.5 Å². The van der Waals surface area contributed by atoms with Gasteiger partial charge in [0.15, 0.2) is 0 Å². The lowest BCUT2D eigenvalue weighted by Crippen LogP contribution is -2.49. The van der Waals surface area contributed by atoms with E-state index in [1.165, 1.54) is 29.2 Å². The van der Waals surface area contributed by atoms with Gasteiger partial charge in [-0.2, -0.15) is 0 Å². The first-order valence-electron chi connectivity index (χ1n) is 13.7. The first kappa shape index (κ1) is 25.2. The van der Waals surface area contributed by atoms with Crippen LogP contribution >= 0.6 is 0 Å². The van der Waals surface area contributed by atoms with Gasteiger partial charge in [0.25, 0.3) is 0 Å². The van der Waals surface area contributed by atoms with Crippen LogP contribution in [0.2, 0.25) is 0 Å². The Balaban J connectivity index is 1.52. The Bertz CT molecular complexity index is 1170. The number of piperazine rings is 1. The van der Waals surface area contributed by atoms with Gasteiger partial charge in [-0.1, -0.05) is 12.1 Å². The minimum absolute atomic E-state index is 0.242. The van der Waals surface area contributed by atoms with Crippen molar-refractivity contribution in [1.29, 1.82) is 0 Å². The summed E-state index contributed by atoms with van der Waals surface area (Å²) in [6, 6.07) is 11.9. The van der Waals surface area contributed by atoms with E-state index in [4.69, 9.17) is 14.7 Å². The fraction of sp³-hybridized carbons (Fsp3) is 0.586. The Morgan fingerprint density at radius 1 is 1.00 bits per heavy atom. The number of imidazole rings is 1. The number of rotatable bonds is 7. The van der Waals surface area contributed by atoms with Crippen LogP contribution in [0.15, 0.2) is 36.5 Å². The molecule has 2 atom stereocenters. The highest BCUT2D eigenvalue weighted by molar-refractivity contribution is 5.55. The van der Waals surface area contributed by atoms with E-state index in [-0.39, 0.29) is 6.04 Å². The van der Waals surface area contributed by atoms with E-state index in [9.17, 15) is 0 Å². The highest BCUT2D eigenvalue weighted by atomic mass is 16.5. The maximum atomic E-state index is 6.06. The third-order valence-electron chi connectivity index (χ3n) is 8.18. The van der Waals surface area contributed by atoms with Crippen molar-refractivity contribution >= 4 is 11.5 Å². The van der Waals surface area contributed by atoms with E-state index >= 15 is 0 Å². The number of pyridine rings is 2. The second-order valence-electron chi connectivity index (χ2n) is 10.6. The van der Waals surface area contributed by atoms with E-state index in [1.54, 1.807) is 0 Å². The number of piperidine rings is 1. The van der Waals surface area contributed by atoms with Crippen LogP contribution in [-0.4, -0.2) is 70.0 Å². The zero-order chi connectivity index (χ0) is 25.2. The first-order chi connectivity index (χ1) is 17.5. The molecule has 2 aliphatic heterocycles. The minimum atomic E-state index is 0.242. The molecule has 0 bridgehead atoms.